The van der Waals surface area contributed by atoms with E-state index in [9.17, 15) is 24.3 Å². The second kappa shape index (κ2) is 24.3. The van der Waals surface area contributed by atoms with Gasteiger partial charge in [-0.3, -0.25) is 19.2 Å². The summed E-state index contributed by atoms with van der Waals surface area (Å²) in [5.74, 6) is 0.0611. The smallest absolute Gasteiger partial charge is 0.246 e. The van der Waals surface area contributed by atoms with Crippen molar-refractivity contribution >= 4 is 90.8 Å². The van der Waals surface area contributed by atoms with Crippen molar-refractivity contribution in [3.05, 3.63) is 113 Å². The fraction of sp³-hybridized carbons (Fsp3) is 0.383. The SMILES string of the molecule is C=CC(=O)N1CCN(c2nc(NCCC(=O)N(C)CCOc3ccc(-c4csc([C@@H]5CCCN5C(=O)C(NC(=O)[C@H](C)NC)C5CCCCC5)n4)c4ccccc34)nc3c(F)c(-c4cc(O)cc5ccccc45)c(Cl)cc23)CC1. The molecule has 0 spiro atoms. The van der Waals surface area contributed by atoms with Crippen LogP contribution in [0.25, 0.3) is 54.8 Å². The molecule has 16 nitrogen and oxygen atoms in total. The average molecular weight is 1110 g/mol. The number of likely N-dealkylation sites (tertiary alicyclic amines) is 1. The molecule has 4 amide bonds. The van der Waals surface area contributed by atoms with Crippen molar-refractivity contribution in [1.29, 1.82) is 0 Å². The Labute approximate surface area is 468 Å². The Bertz CT molecular complexity index is 3440. The van der Waals surface area contributed by atoms with E-state index in [1.807, 2.05) is 77.4 Å². The highest BCUT2D eigenvalue weighted by molar-refractivity contribution is 7.10. The summed E-state index contributed by atoms with van der Waals surface area (Å²) in [5.41, 5.74) is 2.25. The largest absolute Gasteiger partial charge is 0.508 e. The number of nitrogens with one attached hydrogen (secondary N) is 3. The third-order valence-corrected chi connectivity index (χ3v) is 17.0. The number of phenols is 1. The highest BCUT2D eigenvalue weighted by atomic mass is 35.5. The number of aromatic nitrogens is 3. The second-order valence-electron chi connectivity index (χ2n) is 20.7. The molecule has 0 bridgehead atoms. The first-order chi connectivity index (χ1) is 38.3. The molecule has 1 aliphatic carbocycles. The molecule has 5 aromatic carbocycles. The molecule has 2 aliphatic heterocycles. The second-order valence-corrected chi connectivity index (χ2v) is 22.0. The molecule has 79 heavy (non-hydrogen) atoms. The third kappa shape index (κ3) is 11.7. The van der Waals surface area contributed by atoms with Gasteiger partial charge in [0.05, 0.1) is 29.3 Å². The fourth-order valence-corrected chi connectivity index (χ4v) is 12.6. The van der Waals surface area contributed by atoms with E-state index in [4.69, 9.17) is 26.3 Å². The van der Waals surface area contributed by atoms with Gasteiger partial charge in [-0.1, -0.05) is 86.0 Å². The number of phenolic OH excluding ortho intramolecular Hbond substituents is 1. The predicted octanol–water partition coefficient (Wildman–Crippen LogP) is 9.74. The molecule has 2 aromatic heterocycles. The third-order valence-electron chi connectivity index (χ3n) is 15.8. The quantitative estimate of drug-likeness (QED) is 0.0598. The lowest BCUT2D eigenvalue weighted by atomic mass is 9.83. The fourth-order valence-electron chi connectivity index (χ4n) is 11.3. The van der Waals surface area contributed by atoms with E-state index in [0.717, 1.165) is 72.0 Å². The van der Waals surface area contributed by atoms with Crippen molar-refractivity contribution < 1.29 is 33.4 Å². The van der Waals surface area contributed by atoms with Crippen LogP contribution in [0.5, 0.6) is 11.5 Å². The van der Waals surface area contributed by atoms with Gasteiger partial charge in [0.25, 0.3) is 0 Å². The summed E-state index contributed by atoms with van der Waals surface area (Å²) < 4.78 is 23.5. The van der Waals surface area contributed by atoms with E-state index in [2.05, 4.69) is 32.9 Å². The van der Waals surface area contributed by atoms with E-state index in [1.165, 1.54) is 12.1 Å². The maximum atomic E-state index is 17.1. The van der Waals surface area contributed by atoms with Gasteiger partial charge in [0.15, 0.2) is 5.82 Å². The first-order valence-electron chi connectivity index (χ1n) is 27.3. The van der Waals surface area contributed by atoms with Gasteiger partial charge in [0.1, 0.15) is 40.5 Å². The van der Waals surface area contributed by atoms with Crippen LogP contribution in [-0.2, 0) is 19.2 Å². The Kier molecular flexibility index (Phi) is 16.9. The van der Waals surface area contributed by atoms with Gasteiger partial charge in [-0.25, -0.2) is 14.4 Å². The molecule has 3 aliphatic rings. The van der Waals surface area contributed by atoms with Crippen molar-refractivity contribution in [2.24, 2.45) is 5.92 Å². The van der Waals surface area contributed by atoms with E-state index in [-0.39, 0.29) is 83.0 Å². The predicted molar refractivity (Wildman–Crippen MR) is 310 cm³/mol. The number of thiazole rings is 1. The maximum absolute atomic E-state index is 17.1. The van der Waals surface area contributed by atoms with Crippen LogP contribution in [0.1, 0.15) is 69.3 Å². The highest BCUT2D eigenvalue weighted by Crippen LogP contribution is 2.44. The normalized spacial score (nSPS) is 16.8. The van der Waals surface area contributed by atoms with Crippen LogP contribution in [0.3, 0.4) is 0 Å². The molecule has 3 atom stereocenters. The zero-order valence-corrected chi connectivity index (χ0v) is 46.3. The first kappa shape index (κ1) is 54.9. The minimum Gasteiger partial charge on any atom is -0.508 e. The van der Waals surface area contributed by atoms with Gasteiger partial charge in [-0.05, 0) is 104 Å². The number of fused-ring (bicyclic) bond motifs is 3. The van der Waals surface area contributed by atoms with Gasteiger partial charge in [-0.15, -0.1) is 11.3 Å². The Morgan fingerprint density at radius 2 is 1.65 bits per heavy atom. The minimum atomic E-state index is -0.691. The molecule has 7 aromatic rings. The topological polar surface area (TPSA) is 185 Å². The number of rotatable bonds is 18. The highest BCUT2D eigenvalue weighted by Gasteiger charge is 2.40. The number of piperazine rings is 1. The summed E-state index contributed by atoms with van der Waals surface area (Å²) in [4.78, 5) is 75.5. The van der Waals surface area contributed by atoms with Crippen molar-refractivity contribution in [3.63, 3.8) is 0 Å². The summed E-state index contributed by atoms with van der Waals surface area (Å²) >= 11 is 8.48. The van der Waals surface area contributed by atoms with E-state index < -0.39 is 17.9 Å². The molecule has 0 radical (unpaired) electrons. The lowest BCUT2D eigenvalue weighted by Gasteiger charge is -2.35. The van der Waals surface area contributed by atoms with Crippen LogP contribution in [0, 0.1) is 11.7 Å². The Morgan fingerprint density at radius 3 is 2.41 bits per heavy atom. The number of carbonyl (C=O) groups is 4. The monoisotopic (exact) mass is 1110 g/mol. The molecule has 1 saturated carbocycles. The molecule has 4 N–H and O–H groups in total. The lowest BCUT2D eigenvalue weighted by molar-refractivity contribution is -0.139. The van der Waals surface area contributed by atoms with E-state index in [1.54, 1.807) is 47.4 Å². The van der Waals surface area contributed by atoms with Crippen molar-refractivity contribution in [3.8, 4) is 33.9 Å². The van der Waals surface area contributed by atoms with Crippen molar-refractivity contribution in [1.82, 2.24) is 40.3 Å². The summed E-state index contributed by atoms with van der Waals surface area (Å²) in [6.45, 7) is 8.34. The summed E-state index contributed by atoms with van der Waals surface area (Å²) in [5, 5.41) is 26.7. The zero-order valence-electron chi connectivity index (χ0n) is 44.8. The molecular formula is C60H66ClFN10O6S. The maximum Gasteiger partial charge on any atom is 0.246 e. The lowest BCUT2D eigenvalue weighted by Crippen LogP contribution is -2.55. The molecule has 1 unspecified atom stereocenters. The van der Waals surface area contributed by atoms with Gasteiger partial charge < -0.3 is 45.4 Å². The zero-order chi connectivity index (χ0) is 55.3. The van der Waals surface area contributed by atoms with Crippen molar-refractivity contribution in [2.75, 3.05) is 76.7 Å². The standard InChI is InChI=1S/C60H66ClFN10O6S/c1-5-50(74)70-26-28-71(29-27-70)56-45-34-46(61)52(44-33-39(73)32-38-16-9-10-17-40(38)44)53(62)55(45)67-60(68-56)64-24-23-51(75)69(4)30-31-78-49-22-21-42(41-18-11-12-19-43(41)49)47-35-79-58(65-47)48-20-13-25-72(48)59(77)54(37-14-7-6-8-15-37)66-57(76)36(2)63-3/h5,9-12,16-19,21-22,32-37,48,54,63,73H,1,6-8,13-15,20,23-31H2,2-4H3,(H,66,76)(H,64,67,68)/t36-,48-,54?/m0/s1. The van der Waals surface area contributed by atoms with Crippen LogP contribution < -0.4 is 25.6 Å². The number of aromatic hydroxyl groups is 1. The Morgan fingerprint density at radius 1 is 0.899 bits per heavy atom. The number of amides is 4. The van der Waals surface area contributed by atoms with Crippen molar-refractivity contribution in [2.45, 2.75) is 76.4 Å². The number of anilines is 2. The van der Waals surface area contributed by atoms with Gasteiger partial charge in [0.2, 0.25) is 29.6 Å². The molecule has 4 heterocycles. The minimum absolute atomic E-state index is 0.00687. The van der Waals surface area contributed by atoms with Crippen LogP contribution in [-0.4, -0.2) is 137 Å². The van der Waals surface area contributed by atoms with Crippen LogP contribution >= 0.6 is 22.9 Å². The first-order valence-corrected chi connectivity index (χ1v) is 28.5. The molecule has 3 fully saturated rings. The number of likely N-dealkylation sites (N-methyl/N-ethyl adjacent to an activating group) is 2. The van der Waals surface area contributed by atoms with Crippen LogP contribution in [0.2, 0.25) is 5.02 Å². The summed E-state index contributed by atoms with van der Waals surface area (Å²) in [6.07, 6.45) is 8.13. The van der Waals surface area contributed by atoms with E-state index >= 15 is 4.39 Å². The Hall–Kier alpha value is -7.41. The molecule has 412 valence electrons. The number of hydrogen-bond donors (Lipinski definition) is 4. The number of halogens is 2. The molecule has 19 heteroatoms. The van der Waals surface area contributed by atoms with Gasteiger partial charge in [0, 0.05) is 80.0 Å². The van der Waals surface area contributed by atoms with E-state index in [0.29, 0.717) is 72.6 Å². The number of benzene rings is 5. The number of carbonyl (C=O) groups excluding carboxylic acids is 4. The summed E-state index contributed by atoms with van der Waals surface area (Å²) in [7, 11) is 3.47. The number of hydrogen-bond acceptors (Lipinski definition) is 13. The van der Waals surface area contributed by atoms with Gasteiger partial charge >= 0.3 is 0 Å². The number of nitrogens with zero attached hydrogens (tertiary/aromatic N) is 7. The van der Waals surface area contributed by atoms with Crippen LogP contribution in [0.4, 0.5) is 16.2 Å². The van der Waals surface area contributed by atoms with Gasteiger partial charge in [-0.2, -0.15) is 4.98 Å². The molecule has 2 saturated heterocycles. The molecule has 10 rings (SSSR count). The molecular weight excluding hydrogens is 1040 g/mol. The average Bonchev–Trinajstić information content (AvgIpc) is 4.23. The van der Waals surface area contributed by atoms with Crippen LogP contribution in [0.15, 0.2) is 96.9 Å². The Balaban J connectivity index is 0.802. The number of ether oxygens (including phenoxy) is 1. The summed E-state index contributed by atoms with van der Waals surface area (Å²) in [6, 6.07) is 22.9.